The van der Waals surface area contributed by atoms with Crippen molar-refractivity contribution >= 4 is 28.6 Å². The highest BCUT2D eigenvalue weighted by molar-refractivity contribution is 7.97. The van der Waals surface area contributed by atoms with Gasteiger partial charge >= 0.3 is 0 Å². The van der Waals surface area contributed by atoms with Gasteiger partial charge in [0, 0.05) is 0 Å². The van der Waals surface area contributed by atoms with Gasteiger partial charge in [0.05, 0.1) is 0 Å². The van der Waals surface area contributed by atoms with Gasteiger partial charge in [-0.25, -0.2) is 0 Å². The predicted molar refractivity (Wildman–Crippen MR) is 84.7 cm³/mol. The molecule has 2 aromatic carbocycles. The summed E-state index contributed by atoms with van der Waals surface area (Å²) < 4.78 is 33.0. The van der Waals surface area contributed by atoms with E-state index in [1.54, 1.807) is 6.92 Å². The lowest BCUT2D eigenvalue weighted by Crippen LogP contribution is -2.27. The maximum Gasteiger partial charge on any atom is 0.272 e. The Kier molecular flexibility index (Phi) is 4.92. The van der Waals surface area contributed by atoms with Gasteiger partial charge in [-0.2, -0.15) is 8.42 Å². The second-order valence-corrected chi connectivity index (χ2v) is 8.76. The van der Waals surface area contributed by atoms with Crippen LogP contribution in [-0.4, -0.2) is 18.0 Å². The molecule has 0 saturated carbocycles. The summed E-state index contributed by atoms with van der Waals surface area (Å²) in [4.78, 5) is -0.776. The van der Waals surface area contributed by atoms with E-state index in [1.165, 1.54) is 0 Å². The van der Waals surface area contributed by atoms with Gasteiger partial charge in [0.2, 0.25) is 0 Å². The minimum atomic E-state index is -4.08. The molecular formula is C15H17O3PS. The van der Waals surface area contributed by atoms with Gasteiger partial charge in [-0.3, -0.25) is 4.55 Å². The normalized spacial score (nSPS) is 13.3. The van der Waals surface area contributed by atoms with Gasteiger partial charge in [0.25, 0.3) is 10.1 Å². The van der Waals surface area contributed by atoms with E-state index in [0.29, 0.717) is 6.42 Å². The second-order valence-electron chi connectivity index (χ2n) is 4.42. The Morgan fingerprint density at radius 2 is 1.35 bits per heavy atom. The maximum atomic E-state index is 11.7. The monoisotopic (exact) mass is 308 g/mol. The van der Waals surface area contributed by atoms with E-state index in [2.05, 4.69) is 0 Å². The molecule has 20 heavy (non-hydrogen) atoms. The lowest BCUT2D eigenvalue weighted by molar-refractivity contribution is 0.478. The van der Waals surface area contributed by atoms with Crippen molar-refractivity contribution in [2.24, 2.45) is 0 Å². The third-order valence-electron chi connectivity index (χ3n) is 3.05. The molecule has 0 bridgehead atoms. The average Bonchev–Trinajstić information content (AvgIpc) is 2.45. The summed E-state index contributed by atoms with van der Waals surface area (Å²) in [6, 6.07) is 19.1. The fourth-order valence-corrected chi connectivity index (χ4v) is 6.72. The summed E-state index contributed by atoms with van der Waals surface area (Å²) in [5.74, 6) is 0. The smallest absolute Gasteiger partial charge is 0.272 e. The van der Waals surface area contributed by atoms with Gasteiger partial charge in [0.15, 0.2) is 0 Å². The summed E-state index contributed by atoms with van der Waals surface area (Å²) in [7, 11) is -5.22. The molecule has 0 fully saturated rings. The lowest BCUT2D eigenvalue weighted by atomic mass is 10.4. The summed E-state index contributed by atoms with van der Waals surface area (Å²) in [6.07, 6.45) is 0.383. The van der Waals surface area contributed by atoms with Crippen molar-refractivity contribution < 1.29 is 13.0 Å². The Labute approximate surface area is 121 Å². The molecule has 106 valence electrons. The van der Waals surface area contributed by atoms with Crippen LogP contribution in [0.5, 0.6) is 0 Å². The standard InChI is InChI=1S/C15H17O3PS/c1-2-15(20(16,17)18)19(13-9-5-3-6-10-13)14-11-7-4-8-12-14/h3-12,15H,2H2,1H3,(H,16,17,18). The molecule has 0 amide bonds. The average molecular weight is 308 g/mol. The van der Waals surface area contributed by atoms with E-state index < -0.39 is 23.0 Å². The Morgan fingerprint density at radius 3 is 1.65 bits per heavy atom. The van der Waals surface area contributed by atoms with E-state index in [4.69, 9.17) is 0 Å². The Hall–Kier alpha value is -1.22. The van der Waals surface area contributed by atoms with Crippen molar-refractivity contribution in [2.75, 3.05) is 0 Å². The summed E-state index contributed by atoms with van der Waals surface area (Å²) in [5, 5.41) is 1.91. The van der Waals surface area contributed by atoms with Gasteiger partial charge in [-0.05, 0) is 25.0 Å². The molecule has 2 aromatic rings. The Balaban J connectivity index is 2.56. The summed E-state index contributed by atoms with van der Waals surface area (Å²) in [6.45, 7) is 1.79. The zero-order valence-electron chi connectivity index (χ0n) is 11.2. The molecule has 1 N–H and O–H groups in total. The zero-order chi connectivity index (χ0) is 14.6. The highest BCUT2D eigenvalue weighted by Crippen LogP contribution is 2.43. The van der Waals surface area contributed by atoms with Crippen molar-refractivity contribution in [3.05, 3.63) is 60.7 Å². The first-order chi connectivity index (χ1) is 9.54. The molecule has 0 aliphatic heterocycles. The fraction of sp³-hybridized carbons (Fsp3) is 0.200. The quantitative estimate of drug-likeness (QED) is 0.682. The van der Waals surface area contributed by atoms with Crippen molar-refractivity contribution in [3.63, 3.8) is 0 Å². The first-order valence-electron chi connectivity index (χ1n) is 6.39. The zero-order valence-corrected chi connectivity index (χ0v) is 12.9. The summed E-state index contributed by atoms with van der Waals surface area (Å²) >= 11 is 0. The van der Waals surface area contributed by atoms with Crippen LogP contribution in [0.15, 0.2) is 60.7 Å². The SMILES string of the molecule is CCC(P(c1ccccc1)c1ccccc1)S(=O)(=O)O. The molecule has 3 nitrogen and oxygen atoms in total. The van der Waals surface area contributed by atoms with Crippen LogP contribution < -0.4 is 10.6 Å². The van der Waals surface area contributed by atoms with Gasteiger partial charge in [-0.15, -0.1) is 0 Å². The molecule has 1 unspecified atom stereocenters. The number of hydrogen-bond donors (Lipinski definition) is 1. The maximum absolute atomic E-state index is 11.7. The molecule has 0 heterocycles. The highest BCUT2D eigenvalue weighted by atomic mass is 32.2. The molecule has 0 spiro atoms. The van der Waals surface area contributed by atoms with E-state index in [0.717, 1.165) is 10.6 Å². The van der Waals surface area contributed by atoms with E-state index in [1.807, 2.05) is 60.7 Å². The third-order valence-corrected chi connectivity index (χ3v) is 8.15. The molecule has 0 radical (unpaired) electrons. The largest absolute Gasteiger partial charge is 0.285 e. The van der Waals surface area contributed by atoms with Crippen LogP contribution in [0.2, 0.25) is 0 Å². The third kappa shape index (κ3) is 3.45. The molecule has 5 heteroatoms. The first kappa shape index (κ1) is 15.2. The minimum Gasteiger partial charge on any atom is -0.285 e. The van der Waals surface area contributed by atoms with Crippen LogP contribution in [0.4, 0.5) is 0 Å². The van der Waals surface area contributed by atoms with Crippen molar-refractivity contribution in [1.29, 1.82) is 0 Å². The molecular weight excluding hydrogens is 291 g/mol. The minimum absolute atomic E-state index is 0.383. The van der Waals surface area contributed by atoms with Gasteiger partial charge in [0.1, 0.15) is 4.99 Å². The molecule has 0 aliphatic carbocycles. The first-order valence-corrected chi connectivity index (χ1v) is 9.31. The number of hydrogen-bond acceptors (Lipinski definition) is 2. The van der Waals surface area contributed by atoms with E-state index >= 15 is 0 Å². The van der Waals surface area contributed by atoms with Gasteiger partial charge < -0.3 is 0 Å². The highest BCUT2D eigenvalue weighted by Gasteiger charge is 2.32. The number of rotatable bonds is 5. The van der Waals surface area contributed by atoms with Crippen molar-refractivity contribution in [1.82, 2.24) is 0 Å². The fourth-order valence-electron chi connectivity index (χ4n) is 2.19. The van der Waals surface area contributed by atoms with Crippen LogP contribution in [0, 0.1) is 0 Å². The van der Waals surface area contributed by atoms with Crippen LogP contribution >= 0.6 is 7.92 Å². The van der Waals surface area contributed by atoms with Gasteiger partial charge in [-0.1, -0.05) is 67.6 Å². The number of benzene rings is 2. The van der Waals surface area contributed by atoms with Crippen molar-refractivity contribution in [3.8, 4) is 0 Å². The van der Waals surface area contributed by atoms with Crippen LogP contribution in [0.1, 0.15) is 13.3 Å². The second kappa shape index (κ2) is 6.49. The summed E-state index contributed by atoms with van der Waals surface area (Å²) in [5.41, 5.74) is 0. The van der Waals surface area contributed by atoms with Crippen molar-refractivity contribution in [2.45, 2.75) is 18.3 Å². The lowest BCUT2D eigenvalue weighted by Gasteiger charge is -2.25. The van der Waals surface area contributed by atoms with Crippen LogP contribution in [-0.2, 0) is 10.1 Å². The molecule has 0 aromatic heterocycles. The molecule has 0 aliphatic rings. The predicted octanol–water partition coefficient (Wildman–Crippen LogP) is 2.74. The molecule has 1 atom stereocenters. The van der Waals surface area contributed by atoms with E-state index in [-0.39, 0.29) is 0 Å². The molecule has 2 rings (SSSR count). The van der Waals surface area contributed by atoms with Crippen LogP contribution in [0.25, 0.3) is 0 Å². The van der Waals surface area contributed by atoms with Crippen LogP contribution in [0.3, 0.4) is 0 Å². The molecule has 0 saturated heterocycles. The van der Waals surface area contributed by atoms with E-state index in [9.17, 15) is 13.0 Å². The Bertz CT molecular complexity index is 602. The topological polar surface area (TPSA) is 54.4 Å². The Morgan fingerprint density at radius 1 is 0.950 bits per heavy atom.